The molecule has 2 aromatic rings. The highest BCUT2D eigenvalue weighted by Crippen LogP contribution is 2.15. The lowest BCUT2D eigenvalue weighted by molar-refractivity contribution is 0.392. The number of halogens is 2. The molecule has 0 aliphatic rings. The minimum absolute atomic E-state index is 0.195. The van der Waals surface area contributed by atoms with Crippen molar-refractivity contribution in [1.29, 1.82) is 0 Å². The van der Waals surface area contributed by atoms with Crippen molar-refractivity contribution in [1.82, 2.24) is 14.9 Å². The van der Waals surface area contributed by atoms with Crippen molar-refractivity contribution >= 4 is 17.4 Å². The Morgan fingerprint density at radius 3 is 2.62 bits per heavy atom. The third-order valence-corrected chi connectivity index (χ3v) is 3.08. The number of anilines is 1. The van der Waals surface area contributed by atoms with Crippen LogP contribution in [0.4, 0.5) is 10.2 Å². The Morgan fingerprint density at radius 1 is 1.24 bits per heavy atom. The van der Waals surface area contributed by atoms with Crippen LogP contribution in [-0.2, 0) is 13.1 Å². The standard InChI is InChI=1S/C15H18ClFN4/c1-10-19-14(16)7-15(20-10)18-8-11-4-5-12(9-21(2)3)13(17)6-11/h4-7H,8-9H2,1-3H3,(H,18,19,20). The van der Waals surface area contributed by atoms with E-state index >= 15 is 0 Å². The summed E-state index contributed by atoms with van der Waals surface area (Å²) in [6.07, 6.45) is 0. The van der Waals surface area contributed by atoms with E-state index in [4.69, 9.17) is 11.6 Å². The molecule has 4 nitrogen and oxygen atoms in total. The van der Waals surface area contributed by atoms with Gasteiger partial charge in [0, 0.05) is 24.7 Å². The second-order valence-electron chi connectivity index (χ2n) is 5.14. The Labute approximate surface area is 129 Å². The van der Waals surface area contributed by atoms with Crippen molar-refractivity contribution < 1.29 is 4.39 Å². The first-order valence-electron chi connectivity index (χ1n) is 6.61. The van der Waals surface area contributed by atoms with Crippen LogP contribution in [0.5, 0.6) is 0 Å². The van der Waals surface area contributed by atoms with Crippen LogP contribution in [0.15, 0.2) is 24.3 Å². The Kier molecular flexibility index (Phi) is 5.09. The molecule has 1 aromatic carbocycles. The third kappa shape index (κ3) is 4.65. The van der Waals surface area contributed by atoms with E-state index in [2.05, 4.69) is 15.3 Å². The molecule has 21 heavy (non-hydrogen) atoms. The van der Waals surface area contributed by atoms with Gasteiger partial charge in [0.05, 0.1) is 0 Å². The largest absolute Gasteiger partial charge is 0.366 e. The molecule has 0 atom stereocenters. The van der Waals surface area contributed by atoms with Crippen LogP contribution in [0.1, 0.15) is 17.0 Å². The van der Waals surface area contributed by atoms with E-state index < -0.39 is 0 Å². The first kappa shape index (κ1) is 15.7. The Hall–Kier alpha value is -1.72. The molecule has 1 N–H and O–H groups in total. The van der Waals surface area contributed by atoms with Gasteiger partial charge in [0.15, 0.2) is 0 Å². The molecule has 0 amide bonds. The van der Waals surface area contributed by atoms with Gasteiger partial charge < -0.3 is 10.2 Å². The third-order valence-electron chi connectivity index (χ3n) is 2.88. The lowest BCUT2D eigenvalue weighted by Crippen LogP contribution is -2.12. The van der Waals surface area contributed by atoms with Gasteiger partial charge in [-0.15, -0.1) is 0 Å². The normalized spacial score (nSPS) is 11.0. The van der Waals surface area contributed by atoms with E-state index in [1.54, 1.807) is 19.1 Å². The predicted octanol–water partition coefficient (Wildman–Crippen LogP) is 3.25. The van der Waals surface area contributed by atoms with Crippen LogP contribution in [0.3, 0.4) is 0 Å². The number of nitrogens with zero attached hydrogens (tertiary/aromatic N) is 3. The van der Waals surface area contributed by atoms with Crippen LogP contribution in [0.2, 0.25) is 5.15 Å². The van der Waals surface area contributed by atoms with Gasteiger partial charge in [-0.1, -0.05) is 23.7 Å². The van der Waals surface area contributed by atoms with Gasteiger partial charge in [-0.2, -0.15) is 0 Å². The zero-order chi connectivity index (χ0) is 15.4. The predicted molar refractivity (Wildman–Crippen MR) is 82.9 cm³/mol. The number of benzene rings is 1. The lowest BCUT2D eigenvalue weighted by atomic mass is 10.1. The second-order valence-corrected chi connectivity index (χ2v) is 5.53. The number of hydrogen-bond acceptors (Lipinski definition) is 4. The Balaban J connectivity index is 2.05. The molecule has 2 rings (SSSR count). The van der Waals surface area contributed by atoms with Gasteiger partial charge in [0.2, 0.25) is 0 Å². The van der Waals surface area contributed by atoms with E-state index in [1.807, 2.05) is 31.1 Å². The smallest absolute Gasteiger partial charge is 0.134 e. The highest BCUT2D eigenvalue weighted by molar-refractivity contribution is 6.29. The molecule has 0 spiro atoms. The molecule has 112 valence electrons. The average Bonchev–Trinajstić information content (AvgIpc) is 2.38. The summed E-state index contributed by atoms with van der Waals surface area (Å²) in [6, 6.07) is 6.90. The first-order chi connectivity index (χ1) is 9.94. The molecular weight excluding hydrogens is 291 g/mol. The average molecular weight is 309 g/mol. The van der Waals surface area contributed by atoms with Gasteiger partial charge in [-0.3, -0.25) is 0 Å². The Morgan fingerprint density at radius 2 is 2.00 bits per heavy atom. The van der Waals surface area contributed by atoms with Crippen LogP contribution < -0.4 is 5.32 Å². The van der Waals surface area contributed by atoms with Crippen molar-refractivity contribution in [2.24, 2.45) is 0 Å². The van der Waals surface area contributed by atoms with Crippen molar-refractivity contribution in [3.8, 4) is 0 Å². The molecule has 0 fully saturated rings. The van der Waals surface area contributed by atoms with E-state index in [-0.39, 0.29) is 5.82 Å². The molecule has 0 saturated heterocycles. The number of aryl methyl sites for hydroxylation is 1. The highest BCUT2D eigenvalue weighted by Gasteiger charge is 2.05. The topological polar surface area (TPSA) is 41.1 Å². The molecule has 1 heterocycles. The van der Waals surface area contributed by atoms with E-state index in [0.29, 0.717) is 35.4 Å². The summed E-state index contributed by atoms with van der Waals surface area (Å²) in [4.78, 5) is 10.1. The molecule has 0 radical (unpaired) electrons. The first-order valence-corrected chi connectivity index (χ1v) is 6.99. The monoisotopic (exact) mass is 308 g/mol. The summed E-state index contributed by atoms with van der Waals surface area (Å²) in [5.41, 5.74) is 1.53. The van der Waals surface area contributed by atoms with Crippen molar-refractivity contribution in [3.63, 3.8) is 0 Å². The second kappa shape index (κ2) is 6.83. The molecular formula is C15H18ClFN4. The fourth-order valence-corrected chi connectivity index (χ4v) is 2.21. The van der Waals surface area contributed by atoms with Crippen molar-refractivity contribution in [2.45, 2.75) is 20.0 Å². The van der Waals surface area contributed by atoms with Gasteiger partial charge in [-0.25, -0.2) is 14.4 Å². The molecule has 1 aromatic heterocycles. The fourth-order valence-electron chi connectivity index (χ4n) is 1.98. The molecule has 6 heteroatoms. The van der Waals surface area contributed by atoms with E-state index in [0.717, 1.165) is 5.56 Å². The summed E-state index contributed by atoms with van der Waals surface area (Å²) in [5.74, 6) is 1.03. The SMILES string of the molecule is Cc1nc(Cl)cc(NCc2ccc(CN(C)C)c(F)c2)n1. The molecule has 0 saturated carbocycles. The lowest BCUT2D eigenvalue weighted by Gasteiger charge is -2.12. The molecule has 0 aliphatic carbocycles. The summed E-state index contributed by atoms with van der Waals surface area (Å²) >= 11 is 5.87. The summed E-state index contributed by atoms with van der Waals surface area (Å²) in [7, 11) is 3.83. The maximum absolute atomic E-state index is 14.0. The summed E-state index contributed by atoms with van der Waals surface area (Å²) in [5, 5.41) is 3.50. The molecule has 0 bridgehead atoms. The fraction of sp³-hybridized carbons (Fsp3) is 0.333. The summed E-state index contributed by atoms with van der Waals surface area (Å²) in [6.45, 7) is 2.83. The van der Waals surface area contributed by atoms with Gasteiger partial charge in [0.25, 0.3) is 0 Å². The minimum atomic E-state index is -0.195. The number of aromatic nitrogens is 2. The van der Waals surface area contributed by atoms with Crippen molar-refractivity contribution in [2.75, 3.05) is 19.4 Å². The quantitative estimate of drug-likeness (QED) is 0.861. The van der Waals surface area contributed by atoms with Crippen LogP contribution in [0, 0.1) is 12.7 Å². The minimum Gasteiger partial charge on any atom is -0.366 e. The number of nitrogens with one attached hydrogen (secondary N) is 1. The highest BCUT2D eigenvalue weighted by atomic mass is 35.5. The van der Waals surface area contributed by atoms with Gasteiger partial charge in [-0.05, 0) is 32.6 Å². The van der Waals surface area contributed by atoms with Gasteiger partial charge >= 0.3 is 0 Å². The van der Waals surface area contributed by atoms with Gasteiger partial charge in [0.1, 0.15) is 22.6 Å². The summed E-state index contributed by atoms with van der Waals surface area (Å²) < 4.78 is 14.0. The van der Waals surface area contributed by atoms with Crippen LogP contribution in [0.25, 0.3) is 0 Å². The number of hydrogen-bond donors (Lipinski definition) is 1. The van der Waals surface area contributed by atoms with Crippen LogP contribution >= 0.6 is 11.6 Å². The zero-order valence-electron chi connectivity index (χ0n) is 12.3. The Bertz CT molecular complexity index is 611. The van der Waals surface area contributed by atoms with E-state index in [9.17, 15) is 4.39 Å². The zero-order valence-corrected chi connectivity index (χ0v) is 13.1. The van der Waals surface area contributed by atoms with Crippen molar-refractivity contribution in [3.05, 3.63) is 52.2 Å². The maximum atomic E-state index is 14.0. The van der Waals surface area contributed by atoms with Crippen LogP contribution in [-0.4, -0.2) is 29.0 Å². The van der Waals surface area contributed by atoms with E-state index in [1.165, 1.54) is 0 Å². The maximum Gasteiger partial charge on any atom is 0.134 e. The molecule has 0 aliphatic heterocycles. The number of rotatable bonds is 5. The molecule has 0 unspecified atom stereocenters.